The van der Waals surface area contributed by atoms with Crippen molar-refractivity contribution in [3.63, 3.8) is 0 Å². The van der Waals surface area contributed by atoms with E-state index < -0.39 is 35.9 Å². The number of rotatable bonds is 8. The number of hydrogen-bond acceptors (Lipinski definition) is 4. The Morgan fingerprint density at radius 2 is 1.92 bits per heavy atom. The number of nitrogens with two attached hydrogens (primary N) is 1. The molecule has 146 valence electrons. The van der Waals surface area contributed by atoms with Gasteiger partial charge in [-0.25, -0.2) is 4.79 Å². The zero-order valence-electron chi connectivity index (χ0n) is 15.2. The predicted molar refractivity (Wildman–Crippen MR) is 92.9 cm³/mol. The van der Waals surface area contributed by atoms with Crippen molar-refractivity contribution in [2.24, 2.45) is 23.0 Å². The lowest BCUT2D eigenvalue weighted by Gasteiger charge is -2.26. The highest BCUT2D eigenvalue weighted by atomic mass is 16.4. The van der Waals surface area contributed by atoms with Crippen LogP contribution in [0.3, 0.4) is 0 Å². The topological polar surface area (TPSA) is 151 Å². The van der Waals surface area contributed by atoms with Crippen molar-refractivity contribution in [3.8, 4) is 0 Å². The van der Waals surface area contributed by atoms with E-state index in [1.54, 1.807) is 0 Å². The lowest BCUT2D eigenvalue weighted by molar-refractivity contribution is -0.131. The second-order valence-electron chi connectivity index (χ2n) is 7.96. The van der Waals surface area contributed by atoms with Crippen LogP contribution < -0.4 is 21.7 Å². The maximum Gasteiger partial charge on any atom is 0.405 e. The van der Waals surface area contributed by atoms with Gasteiger partial charge in [0.05, 0.1) is 0 Å². The summed E-state index contributed by atoms with van der Waals surface area (Å²) in [6.07, 6.45) is 1.52. The zero-order chi connectivity index (χ0) is 19.5. The van der Waals surface area contributed by atoms with E-state index in [-0.39, 0.29) is 23.7 Å². The van der Waals surface area contributed by atoms with Gasteiger partial charge in [0.2, 0.25) is 17.7 Å². The van der Waals surface area contributed by atoms with Crippen molar-refractivity contribution in [2.45, 2.75) is 58.0 Å². The Morgan fingerprint density at radius 3 is 2.42 bits per heavy atom. The average molecular weight is 368 g/mol. The summed E-state index contributed by atoms with van der Waals surface area (Å²) in [5, 5.41) is 16.5. The van der Waals surface area contributed by atoms with Gasteiger partial charge in [-0.15, -0.1) is 0 Å². The third-order valence-corrected chi connectivity index (χ3v) is 5.43. The molecule has 1 aliphatic heterocycles. The summed E-state index contributed by atoms with van der Waals surface area (Å²) < 4.78 is 0. The smallest absolute Gasteiger partial charge is 0.405 e. The maximum absolute atomic E-state index is 12.5. The molecule has 0 aromatic rings. The van der Waals surface area contributed by atoms with Crippen molar-refractivity contribution >= 4 is 23.8 Å². The quantitative estimate of drug-likeness (QED) is 0.407. The number of carboxylic acid groups (broad SMARTS) is 1. The minimum Gasteiger partial charge on any atom is -0.465 e. The first kappa shape index (κ1) is 20.0. The predicted octanol–water partition coefficient (Wildman–Crippen LogP) is -0.0548. The fraction of sp³-hybridized carbons (Fsp3) is 0.765. The van der Waals surface area contributed by atoms with Crippen LogP contribution in [0.15, 0.2) is 0 Å². The number of carbonyl (C=O) groups excluding carboxylic acids is 3. The number of amides is 4. The van der Waals surface area contributed by atoms with Crippen molar-refractivity contribution < 1.29 is 24.3 Å². The highest BCUT2D eigenvalue weighted by Crippen LogP contribution is 2.54. The highest BCUT2D eigenvalue weighted by Gasteiger charge is 2.47. The van der Waals surface area contributed by atoms with E-state index in [9.17, 15) is 19.2 Å². The molecular weight excluding hydrogens is 340 g/mol. The van der Waals surface area contributed by atoms with Crippen LogP contribution in [0.5, 0.6) is 0 Å². The molecule has 9 heteroatoms. The van der Waals surface area contributed by atoms with Crippen LogP contribution in [0.2, 0.25) is 0 Å². The summed E-state index contributed by atoms with van der Waals surface area (Å²) in [5.74, 6) is -1.64. The molecule has 0 radical (unpaired) electrons. The summed E-state index contributed by atoms with van der Waals surface area (Å²) in [4.78, 5) is 47.2. The third kappa shape index (κ3) is 5.34. The first-order chi connectivity index (χ1) is 12.1. The monoisotopic (exact) mass is 368 g/mol. The first-order valence-corrected chi connectivity index (χ1v) is 8.97. The van der Waals surface area contributed by atoms with Crippen LogP contribution in [0.1, 0.15) is 46.0 Å². The molecule has 4 amide bonds. The van der Waals surface area contributed by atoms with E-state index in [2.05, 4.69) is 29.8 Å². The van der Waals surface area contributed by atoms with Crippen LogP contribution in [-0.2, 0) is 14.4 Å². The van der Waals surface area contributed by atoms with Gasteiger partial charge in [0.15, 0.2) is 0 Å². The van der Waals surface area contributed by atoms with Crippen molar-refractivity contribution in [2.75, 3.05) is 6.54 Å². The standard InChI is InChI=1S/C17H28N4O5/c1-17(2)8-10(17)7-12(21-16(25)26)15(24)20-11(13(18)22)6-9-4-3-5-19-14(9)23/h9-12,21H,3-8H2,1-2H3,(H2,18,22)(H,19,23)(H,20,24)(H,25,26)/t9-,10?,11-,12?/m0/s1. The van der Waals surface area contributed by atoms with Gasteiger partial charge >= 0.3 is 6.09 Å². The van der Waals surface area contributed by atoms with Crippen LogP contribution >= 0.6 is 0 Å². The van der Waals surface area contributed by atoms with Crippen LogP contribution in [0, 0.1) is 17.3 Å². The van der Waals surface area contributed by atoms with Gasteiger partial charge in [-0.2, -0.15) is 0 Å². The summed E-state index contributed by atoms with van der Waals surface area (Å²) in [5.41, 5.74) is 5.47. The Hall–Kier alpha value is -2.32. The highest BCUT2D eigenvalue weighted by molar-refractivity contribution is 5.91. The molecule has 9 nitrogen and oxygen atoms in total. The molecule has 1 aliphatic carbocycles. The molecule has 0 spiro atoms. The van der Waals surface area contributed by atoms with Gasteiger partial charge in [-0.3, -0.25) is 14.4 Å². The van der Waals surface area contributed by atoms with Gasteiger partial charge in [0.25, 0.3) is 0 Å². The molecule has 0 bridgehead atoms. The number of carbonyl (C=O) groups is 4. The lowest BCUT2D eigenvalue weighted by Crippen LogP contribution is -2.54. The summed E-state index contributed by atoms with van der Waals surface area (Å²) in [6.45, 7) is 4.72. The maximum atomic E-state index is 12.5. The summed E-state index contributed by atoms with van der Waals surface area (Å²) in [6, 6.07) is -1.97. The van der Waals surface area contributed by atoms with Crippen molar-refractivity contribution in [3.05, 3.63) is 0 Å². The molecule has 6 N–H and O–H groups in total. The minimum atomic E-state index is -1.30. The van der Waals surface area contributed by atoms with Gasteiger partial charge in [0.1, 0.15) is 12.1 Å². The molecule has 2 unspecified atom stereocenters. The van der Waals surface area contributed by atoms with Crippen LogP contribution in [0.4, 0.5) is 4.79 Å². The Morgan fingerprint density at radius 1 is 1.27 bits per heavy atom. The molecule has 0 aromatic carbocycles. The van der Waals surface area contributed by atoms with E-state index in [1.807, 2.05) is 0 Å². The van der Waals surface area contributed by atoms with Gasteiger partial charge in [-0.1, -0.05) is 13.8 Å². The molecule has 2 fully saturated rings. The summed E-state index contributed by atoms with van der Waals surface area (Å²) >= 11 is 0. The second-order valence-corrected chi connectivity index (χ2v) is 7.96. The first-order valence-electron chi connectivity index (χ1n) is 8.97. The molecule has 1 heterocycles. The Balaban J connectivity index is 1.99. The molecular formula is C17H28N4O5. The van der Waals surface area contributed by atoms with E-state index in [1.165, 1.54) is 0 Å². The lowest BCUT2D eigenvalue weighted by atomic mass is 9.91. The minimum absolute atomic E-state index is 0.0853. The van der Waals surface area contributed by atoms with E-state index in [4.69, 9.17) is 10.8 Å². The Bertz CT molecular complexity index is 592. The number of hydrogen-bond donors (Lipinski definition) is 5. The molecule has 1 saturated carbocycles. The normalized spacial score (nSPS) is 26.2. The number of nitrogens with one attached hydrogen (secondary N) is 3. The fourth-order valence-electron chi connectivity index (χ4n) is 3.51. The average Bonchev–Trinajstić information content (AvgIpc) is 3.13. The van der Waals surface area contributed by atoms with Crippen LogP contribution in [0.25, 0.3) is 0 Å². The van der Waals surface area contributed by atoms with Crippen LogP contribution in [-0.4, -0.2) is 47.5 Å². The Labute approximate surface area is 152 Å². The molecule has 26 heavy (non-hydrogen) atoms. The summed E-state index contributed by atoms with van der Waals surface area (Å²) in [7, 11) is 0. The second kappa shape index (κ2) is 7.92. The van der Waals surface area contributed by atoms with Gasteiger partial charge in [0, 0.05) is 12.5 Å². The Kier molecular flexibility index (Phi) is 6.09. The zero-order valence-corrected chi connectivity index (χ0v) is 15.2. The fourth-order valence-corrected chi connectivity index (χ4v) is 3.51. The van der Waals surface area contributed by atoms with E-state index >= 15 is 0 Å². The van der Waals surface area contributed by atoms with Crippen molar-refractivity contribution in [1.29, 1.82) is 0 Å². The largest absolute Gasteiger partial charge is 0.465 e. The SMILES string of the molecule is CC1(C)CC1CC(NC(=O)O)C(=O)N[C@@H](C[C@@H]1CCCNC1=O)C(N)=O. The molecule has 4 atom stereocenters. The molecule has 2 rings (SSSR count). The van der Waals surface area contributed by atoms with Crippen molar-refractivity contribution in [1.82, 2.24) is 16.0 Å². The molecule has 0 aromatic heterocycles. The van der Waals surface area contributed by atoms with Gasteiger partial charge in [-0.05, 0) is 43.4 Å². The van der Waals surface area contributed by atoms with E-state index in [0.29, 0.717) is 19.4 Å². The number of primary amides is 1. The third-order valence-electron chi connectivity index (χ3n) is 5.43. The molecule has 1 saturated heterocycles. The number of piperidine rings is 1. The van der Waals surface area contributed by atoms with Gasteiger partial charge < -0.3 is 26.8 Å². The molecule has 2 aliphatic rings. The van der Waals surface area contributed by atoms with E-state index in [0.717, 1.165) is 12.8 Å².